The Hall–Kier alpha value is -0.900. The van der Waals surface area contributed by atoms with Crippen LogP contribution in [-0.4, -0.2) is 31.4 Å². The van der Waals surface area contributed by atoms with Crippen molar-refractivity contribution in [3.8, 4) is 0 Å². The molecule has 0 radical (unpaired) electrons. The van der Waals surface area contributed by atoms with E-state index in [4.69, 9.17) is 4.74 Å². The molecule has 0 saturated heterocycles. The van der Waals surface area contributed by atoms with Crippen molar-refractivity contribution in [3.63, 3.8) is 0 Å². The van der Waals surface area contributed by atoms with Gasteiger partial charge in [-0.25, -0.2) is 0 Å². The minimum absolute atomic E-state index is 0.0197. The molecule has 0 unspecified atom stereocenters. The van der Waals surface area contributed by atoms with Crippen LogP contribution in [0.15, 0.2) is 0 Å². The molecular formula is C11H21NO3. The first-order valence-electron chi connectivity index (χ1n) is 5.45. The number of rotatable bonds is 8. The number of nitrogens with one attached hydrogen (secondary N) is 1. The van der Waals surface area contributed by atoms with E-state index < -0.39 is 0 Å². The highest BCUT2D eigenvalue weighted by molar-refractivity contribution is 5.87. The molecule has 0 heterocycles. The molecule has 0 rings (SSSR count). The predicted molar refractivity (Wildman–Crippen MR) is 58.6 cm³/mol. The number of ketones is 1. The fourth-order valence-corrected chi connectivity index (χ4v) is 0.957. The van der Waals surface area contributed by atoms with Gasteiger partial charge in [-0.05, 0) is 13.3 Å². The van der Waals surface area contributed by atoms with E-state index in [-0.39, 0.29) is 24.2 Å². The highest BCUT2D eigenvalue weighted by Gasteiger charge is 2.08. The lowest BCUT2D eigenvalue weighted by atomic mass is 10.1. The van der Waals surface area contributed by atoms with Crippen LogP contribution in [0.2, 0.25) is 0 Å². The number of hydrogen-bond acceptors (Lipinski definition) is 3. The Balaban J connectivity index is 3.45. The van der Waals surface area contributed by atoms with Gasteiger partial charge in [-0.2, -0.15) is 0 Å². The minimum atomic E-state index is -0.0799. The Morgan fingerprint density at radius 1 is 1.33 bits per heavy atom. The van der Waals surface area contributed by atoms with E-state index in [2.05, 4.69) is 5.32 Å². The lowest BCUT2D eigenvalue weighted by Crippen LogP contribution is -2.31. The van der Waals surface area contributed by atoms with Gasteiger partial charge in [-0.1, -0.05) is 13.8 Å². The van der Waals surface area contributed by atoms with Gasteiger partial charge in [0.1, 0.15) is 0 Å². The fraction of sp³-hybridized carbons (Fsp3) is 0.818. The second-order valence-electron chi connectivity index (χ2n) is 3.70. The molecule has 15 heavy (non-hydrogen) atoms. The van der Waals surface area contributed by atoms with Gasteiger partial charge in [0.15, 0.2) is 5.78 Å². The van der Waals surface area contributed by atoms with Gasteiger partial charge in [0, 0.05) is 25.6 Å². The molecular weight excluding hydrogens is 194 g/mol. The monoisotopic (exact) mass is 215 g/mol. The summed E-state index contributed by atoms with van der Waals surface area (Å²) < 4.78 is 5.10. The third-order valence-electron chi connectivity index (χ3n) is 2.00. The molecule has 1 amide bonds. The number of Topliss-reactive ketones (excluding diaryl/α,β-unsaturated/α-hetero) is 1. The van der Waals surface area contributed by atoms with Gasteiger partial charge in [0.2, 0.25) is 5.91 Å². The number of carbonyl (C=O) groups is 2. The van der Waals surface area contributed by atoms with Crippen LogP contribution in [0.25, 0.3) is 0 Å². The predicted octanol–water partition coefficient (Wildman–Crippen LogP) is 1.14. The van der Waals surface area contributed by atoms with E-state index in [1.165, 1.54) is 0 Å². The first kappa shape index (κ1) is 14.1. The van der Waals surface area contributed by atoms with Crippen molar-refractivity contribution in [3.05, 3.63) is 0 Å². The third-order valence-corrected chi connectivity index (χ3v) is 2.00. The molecule has 0 aromatic heterocycles. The number of carbonyl (C=O) groups excluding carboxylic acids is 2. The van der Waals surface area contributed by atoms with Crippen LogP contribution in [0, 0.1) is 5.92 Å². The first-order valence-corrected chi connectivity index (χ1v) is 5.45. The zero-order valence-corrected chi connectivity index (χ0v) is 9.84. The minimum Gasteiger partial charge on any atom is -0.382 e. The van der Waals surface area contributed by atoms with Crippen LogP contribution in [0.5, 0.6) is 0 Å². The van der Waals surface area contributed by atoms with Gasteiger partial charge in [0.05, 0.1) is 6.54 Å². The van der Waals surface area contributed by atoms with Crippen molar-refractivity contribution >= 4 is 11.7 Å². The van der Waals surface area contributed by atoms with E-state index in [9.17, 15) is 9.59 Å². The quantitative estimate of drug-likeness (QED) is 0.618. The summed E-state index contributed by atoms with van der Waals surface area (Å²) in [4.78, 5) is 22.4. The van der Waals surface area contributed by atoms with Gasteiger partial charge in [-0.3, -0.25) is 9.59 Å². The zero-order chi connectivity index (χ0) is 11.7. The van der Waals surface area contributed by atoms with E-state index in [1.807, 2.05) is 20.8 Å². The molecule has 0 saturated carbocycles. The smallest absolute Gasteiger partial charge is 0.220 e. The van der Waals surface area contributed by atoms with Crippen LogP contribution >= 0.6 is 0 Å². The largest absolute Gasteiger partial charge is 0.382 e. The summed E-state index contributed by atoms with van der Waals surface area (Å²) in [5.74, 6) is -0.0365. The highest BCUT2D eigenvalue weighted by atomic mass is 16.5. The van der Waals surface area contributed by atoms with E-state index in [0.717, 1.165) is 0 Å². The average Bonchev–Trinajstić information content (AvgIpc) is 2.20. The normalized spacial score (nSPS) is 10.4. The Morgan fingerprint density at radius 2 is 2.00 bits per heavy atom. The maximum atomic E-state index is 11.2. The lowest BCUT2D eigenvalue weighted by Gasteiger charge is -2.06. The SMILES string of the molecule is CCOCCCC(=O)NCC(=O)C(C)C. The Labute approximate surface area is 91.4 Å². The Bertz CT molecular complexity index is 202. The van der Waals surface area contributed by atoms with Crippen LogP contribution in [0.1, 0.15) is 33.6 Å². The number of ether oxygens (including phenoxy) is 1. The van der Waals surface area contributed by atoms with Crippen molar-refractivity contribution in [1.82, 2.24) is 5.32 Å². The molecule has 88 valence electrons. The maximum absolute atomic E-state index is 11.2. The Morgan fingerprint density at radius 3 is 2.53 bits per heavy atom. The summed E-state index contributed by atoms with van der Waals surface area (Å²) in [5.41, 5.74) is 0. The standard InChI is InChI=1S/C11H21NO3/c1-4-15-7-5-6-11(14)12-8-10(13)9(2)3/h9H,4-8H2,1-3H3,(H,12,14). The molecule has 1 N–H and O–H groups in total. The molecule has 0 spiro atoms. The van der Waals surface area contributed by atoms with Crippen molar-refractivity contribution in [2.24, 2.45) is 5.92 Å². The molecule has 0 fully saturated rings. The van der Waals surface area contributed by atoms with Crippen molar-refractivity contribution in [2.75, 3.05) is 19.8 Å². The summed E-state index contributed by atoms with van der Waals surface area (Å²) in [5, 5.41) is 2.60. The summed E-state index contributed by atoms with van der Waals surface area (Å²) in [6, 6.07) is 0. The van der Waals surface area contributed by atoms with Crippen LogP contribution < -0.4 is 5.32 Å². The topological polar surface area (TPSA) is 55.4 Å². The average molecular weight is 215 g/mol. The zero-order valence-electron chi connectivity index (χ0n) is 9.84. The molecule has 0 atom stereocenters. The van der Waals surface area contributed by atoms with Gasteiger partial charge >= 0.3 is 0 Å². The molecule has 0 bridgehead atoms. The number of amides is 1. The van der Waals surface area contributed by atoms with Crippen molar-refractivity contribution in [1.29, 1.82) is 0 Å². The molecule has 4 heteroatoms. The lowest BCUT2D eigenvalue weighted by molar-refractivity contribution is -0.126. The summed E-state index contributed by atoms with van der Waals surface area (Å²) in [6.45, 7) is 6.98. The number of hydrogen-bond donors (Lipinski definition) is 1. The summed E-state index contributed by atoms with van der Waals surface area (Å²) in [7, 11) is 0. The van der Waals surface area contributed by atoms with Gasteiger partial charge in [-0.15, -0.1) is 0 Å². The van der Waals surface area contributed by atoms with E-state index >= 15 is 0 Å². The van der Waals surface area contributed by atoms with Crippen LogP contribution in [-0.2, 0) is 14.3 Å². The fourth-order valence-electron chi connectivity index (χ4n) is 0.957. The first-order chi connectivity index (χ1) is 7.07. The second kappa shape index (κ2) is 8.41. The summed E-state index contributed by atoms with van der Waals surface area (Å²) in [6.07, 6.45) is 1.13. The van der Waals surface area contributed by atoms with Gasteiger partial charge < -0.3 is 10.1 Å². The van der Waals surface area contributed by atoms with Gasteiger partial charge in [0.25, 0.3) is 0 Å². The van der Waals surface area contributed by atoms with Crippen molar-refractivity contribution < 1.29 is 14.3 Å². The Kier molecular flexibility index (Phi) is 7.91. The van der Waals surface area contributed by atoms with Crippen molar-refractivity contribution in [2.45, 2.75) is 33.6 Å². The van der Waals surface area contributed by atoms with Crippen LogP contribution in [0.3, 0.4) is 0 Å². The third kappa shape index (κ3) is 8.12. The molecule has 4 nitrogen and oxygen atoms in total. The second-order valence-corrected chi connectivity index (χ2v) is 3.70. The maximum Gasteiger partial charge on any atom is 0.220 e. The van der Waals surface area contributed by atoms with Crippen LogP contribution in [0.4, 0.5) is 0 Å². The molecule has 0 aromatic carbocycles. The summed E-state index contributed by atoms with van der Waals surface area (Å²) >= 11 is 0. The molecule has 0 aromatic rings. The molecule has 0 aliphatic rings. The van der Waals surface area contributed by atoms with E-state index in [0.29, 0.717) is 26.1 Å². The molecule has 0 aliphatic carbocycles. The van der Waals surface area contributed by atoms with E-state index in [1.54, 1.807) is 0 Å². The highest BCUT2D eigenvalue weighted by Crippen LogP contribution is 1.94. The molecule has 0 aliphatic heterocycles.